The first-order valence-electron chi connectivity index (χ1n) is 4.91. The fraction of sp³-hybridized carbons (Fsp3) is 0.600. The largest absolute Gasteiger partial charge is 0.351 e. The lowest BCUT2D eigenvalue weighted by Gasteiger charge is -2.26. The Morgan fingerprint density at radius 3 is 2.71 bits per heavy atom. The summed E-state index contributed by atoms with van der Waals surface area (Å²) in [7, 11) is 0. The zero-order chi connectivity index (χ0) is 10.6. The van der Waals surface area contributed by atoms with Gasteiger partial charge in [0.05, 0.1) is 6.20 Å². The maximum atomic E-state index is 5.55. The fourth-order valence-electron chi connectivity index (χ4n) is 1.37. The van der Waals surface area contributed by atoms with E-state index in [4.69, 9.17) is 5.73 Å². The molecule has 0 aliphatic rings. The SMILES string of the molecule is Cc1cnnc(N(CCN)C(C)C)c1. The lowest BCUT2D eigenvalue weighted by atomic mass is 10.2. The Hall–Kier alpha value is -1.16. The van der Waals surface area contributed by atoms with E-state index in [0.717, 1.165) is 17.9 Å². The van der Waals surface area contributed by atoms with Crippen molar-refractivity contribution in [1.29, 1.82) is 0 Å². The molecular formula is C10H18N4. The molecule has 1 aromatic heterocycles. The minimum Gasteiger partial charge on any atom is -0.351 e. The molecule has 1 aromatic rings. The van der Waals surface area contributed by atoms with Gasteiger partial charge in [-0.2, -0.15) is 5.10 Å². The van der Waals surface area contributed by atoms with Gasteiger partial charge in [0.2, 0.25) is 0 Å². The third-order valence-electron chi connectivity index (χ3n) is 2.07. The van der Waals surface area contributed by atoms with E-state index in [2.05, 4.69) is 28.9 Å². The molecule has 0 saturated heterocycles. The predicted molar refractivity (Wildman–Crippen MR) is 58.3 cm³/mol. The Morgan fingerprint density at radius 2 is 2.21 bits per heavy atom. The minimum atomic E-state index is 0.398. The predicted octanol–water partition coefficient (Wildman–Crippen LogP) is 0.959. The molecular weight excluding hydrogens is 176 g/mol. The van der Waals surface area contributed by atoms with Gasteiger partial charge >= 0.3 is 0 Å². The third kappa shape index (κ3) is 2.67. The second-order valence-electron chi connectivity index (χ2n) is 3.67. The number of aryl methyl sites for hydroxylation is 1. The van der Waals surface area contributed by atoms with Gasteiger partial charge in [0.25, 0.3) is 0 Å². The van der Waals surface area contributed by atoms with Crippen molar-refractivity contribution >= 4 is 5.82 Å². The van der Waals surface area contributed by atoms with E-state index in [-0.39, 0.29) is 0 Å². The summed E-state index contributed by atoms with van der Waals surface area (Å²) in [5.41, 5.74) is 6.68. The molecule has 0 aromatic carbocycles. The first kappa shape index (κ1) is 10.9. The van der Waals surface area contributed by atoms with Gasteiger partial charge in [0.1, 0.15) is 0 Å². The Labute approximate surface area is 85.1 Å². The zero-order valence-electron chi connectivity index (χ0n) is 9.07. The van der Waals surface area contributed by atoms with E-state index < -0.39 is 0 Å². The number of rotatable bonds is 4. The molecule has 0 atom stereocenters. The van der Waals surface area contributed by atoms with Crippen LogP contribution in [-0.2, 0) is 0 Å². The van der Waals surface area contributed by atoms with Crippen LogP contribution in [-0.4, -0.2) is 29.3 Å². The fourth-order valence-corrected chi connectivity index (χ4v) is 1.37. The molecule has 0 aliphatic carbocycles. The summed E-state index contributed by atoms with van der Waals surface area (Å²) in [4.78, 5) is 2.15. The molecule has 4 nitrogen and oxygen atoms in total. The van der Waals surface area contributed by atoms with Crippen LogP contribution < -0.4 is 10.6 Å². The highest BCUT2D eigenvalue weighted by atomic mass is 15.3. The monoisotopic (exact) mass is 194 g/mol. The molecule has 1 heterocycles. The van der Waals surface area contributed by atoms with Gasteiger partial charge in [-0.05, 0) is 32.4 Å². The van der Waals surface area contributed by atoms with Gasteiger partial charge < -0.3 is 10.6 Å². The molecule has 0 aliphatic heterocycles. The molecule has 4 heteroatoms. The smallest absolute Gasteiger partial charge is 0.151 e. The van der Waals surface area contributed by atoms with Crippen LogP contribution >= 0.6 is 0 Å². The highest BCUT2D eigenvalue weighted by Crippen LogP contribution is 2.13. The number of nitrogens with two attached hydrogens (primary N) is 1. The standard InChI is InChI=1S/C10H18N4/c1-8(2)14(5-4-11)10-6-9(3)7-12-13-10/h6-8H,4-5,11H2,1-3H3. The van der Waals surface area contributed by atoms with Gasteiger partial charge in [-0.1, -0.05) is 0 Å². The molecule has 1 rings (SSSR count). The molecule has 0 spiro atoms. The number of aromatic nitrogens is 2. The minimum absolute atomic E-state index is 0.398. The van der Waals surface area contributed by atoms with E-state index in [1.807, 2.05) is 13.0 Å². The molecule has 0 bridgehead atoms. The zero-order valence-corrected chi connectivity index (χ0v) is 9.07. The maximum Gasteiger partial charge on any atom is 0.151 e. The van der Waals surface area contributed by atoms with Crippen LogP contribution in [0.1, 0.15) is 19.4 Å². The van der Waals surface area contributed by atoms with Crippen molar-refractivity contribution in [3.63, 3.8) is 0 Å². The highest BCUT2D eigenvalue weighted by molar-refractivity contribution is 5.39. The third-order valence-corrected chi connectivity index (χ3v) is 2.07. The van der Waals surface area contributed by atoms with E-state index in [1.165, 1.54) is 0 Å². The summed E-state index contributed by atoms with van der Waals surface area (Å²) >= 11 is 0. The lowest BCUT2D eigenvalue weighted by molar-refractivity contribution is 0.668. The van der Waals surface area contributed by atoms with E-state index in [1.54, 1.807) is 6.20 Å². The number of anilines is 1. The average molecular weight is 194 g/mol. The lowest BCUT2D eigenvalue weighted by Crippen LogP contribution is -2.36. The van der Waals surface area contributed by atoms with Crippen molar-refractivity contribution in [2.75, 3.05) is 18.0 Å². The maximum absolute atomic E-state index is 5.55. The summed E-state index contributed by atoms with van der Waals surface area (Å²) in [6.45, 7) is 7.71. The number of hydrogen-bond acceptors (Lipinski definition) is 4. The van der Waals surface area contributed by atoms with Crippen molar-refractivity contribution in [3.8, 4) is 0 Å². The van der Waals surface area contributed by atoms with Crippen LogP contribution in [0.5, 0.6) is 0 Å². The molecule has 0 unspecified atom stereocenters. The normalized spacial score (nSPS) is 10.6. The van der Waals surface area contributed by atoms with Crippen LogP contribution in [0, 0.1) is 6.92 Å². The van der Waals surface area contributed by atoms with Crippen molar-refractivity contribution in [1.82, 2.24) is 10.2 Å². The van der Waals surface area contributed by atoms with Gasteiger partial charge in [-0.15, -0.1) is 5.10 Å². The highest BCUT2D eigenvalue weighted by Gasteiger charge is 2.10. The summed E-state index contributed by atoms with van der Waals surface area (Å²) in [6.07, 6.45) is 1.75. The van der Waals surface area contributed by atoms with Crippen LogP contribution in [0.2, 0.25) is 0 Å². The van der Waals surface area contributed by atoms with Crippen LogP contribution in [0.25, 0.3) is 0 Å². The van der Waals surface area contributed by atoms with Gasteiger partial charge in [-0.3, -0.25) is 0 Å². The summed E-state index contributed by atoms with van der Waals surface area (Å²) in [5, 5.41) is 8.04. The van der Waals surface area contributed by atoms with Crippen molar-refractivity contribution in [2.45, 2.75) is 26.8 Å². The molecule has 0 amide bonds. The molecule has 78 valence electrons. The summed E-state index contributed by atoms with van der Waals surface area (Å²) < 4.78 is 0. The Kier molecular flexibility index (Phi) is 3.83. The summed E-state index contributed by atoms with van der Waals surface area (Å²) in [5.74, 6) is 0.908. The molecule has 2 N–H and O–H groups in total. The van der Waals surface area contributed by atoms with Crippen molar-refractivity contribution in [3.05, 3.63) is 17.8 Å². The number of hydrogen-bond donors (Lipinski definition) is 1. The molecule has 0 radical (unpaired) electrons. The van der Waals surface area contributed by atoms with E-state index in [0.29, 0.717) is 12.6 Å². The van der Waals surface area contributed by atoms with Gasteiger partial charge in [-0.25, -0.2) is 0 Å². The quantitative estimate of drug-likeness (QED) is 0.775. The van der Waals surface area contributed by atoms with Gasteiger partial charge in [0, 0.05) is 19.1 Å². The Morgan fingerprint density at radius 1 is 1.50 bits per heavy atom. The Balaban J connectivity index is 2.87. The molecule has 0 fully saturated rings. The average Bonchev–Trinajstić information content (AvgIpc) is 2.13. The molecule has 0 saturated carbocycles. The van der Waals surface area contributed by atoms with E-state index >= 15 is 0 Å². The Bertz CT molecular complexity index is 285. The van der Waals surface area contributed by atoms with Crippen LogP contribution in [0.15, 0.2) is 12.3 Å². The summed E-state index contributed by atoms with van der Waals surface area (Å²) in [6, 6.07) is 2.43. The molecule has 14 heavy (non-hydrogen) atoms. The van der Waals surface area contributed by atoms with Gasteiger partial charge in [0.15, 0.2) is 5.82 Å². The number of nitrogens with zero attached hydrogens (tertiary/aromatic N) is 3. The van der Waals surface area contributed by atoms with Crippen molar-refractivity contribution in [2.24, 2.45) is 5.73 Å². The second kappa shape index (κ2) is 4.91. The van der Waals surface area contributed by atoms with Crippen LogP contribution in [0.3, 0.4) is 0 Å². The van der Waals surface area contributed by atoms with Crippen molar-refractivity contribution < 1.29 is 0 Å². The first-order chi connectivity index (χ1) is 6.65. The first-order valence-corrected chi connectivity index (χ1v) is 4.91. The van der Waals surface area contributed by atoms with Crippen LogP contribution in [0.4, 0.5) is 5.82 Å². The second-order valence-corrected chi connectivity index (χ2v) is 3.67. The topological polar surface area (TPSA) is 55.0 Å². The van der Waals surface area contributed by atoms with E-state index in [9.17, 15) is 0 Å².